The fraction of sp³-hybridized carbons (Fsp3) is 0. The van der Waals surface area contributed by atoms with E-state index < -0.39 is 0 Å². The van der Waals surface area contributed by atoms with E-state index in [2.05, 4.69) is 182 Å². The van der Waals surface area contributed by atoms with Crippen LogP contribution < -0.4 is 0 Å². The maximum absolute atomic E-state index is 2.36. The van der Waals surface area contributed by atoms with Crippen molar-refractivity contribution in [3.05, 3.63) is 182 Å². The van der Waals surface area contributed by atoms with Crippen molar-refractivity contribution in [3.8, 4) is 55.6 Å². The van der Waals surface area contributed by atoms with Crippen LogP contribution in [0.15, 0.2) is 182 Å². The Morgan fingerprint density at radius 2 is 0.540 bits per heavy atom. The molecule has 0 unspecified atom stereocenters. The first-order valence-electron chi connectivity index (χ1n) is 17.0. The van der Waals surface area contributed by atoms with E-state index >= 15 is 0 Å². The minimum atomic E-state index is 1.21. The van der Waals surface area contributed by atoms with Crippen molar-refractivity contribution in [1.29, 1.82) is 0 Å². The van der Waals surface area contributed by atoms with E-state index in [4.69, 9.17) is 0 Å². The van der Waals surface area contributed by atoms with Crippen molar-refractivity contribution in [2.45, 2.75) is 0 Å². The number of benzene rings is 8. The first-order valence-corrected chi connectivity index (χ1v) is 18.6. The second kappa shape index (κ2) is 12.0. The van der Waals surface area contributed by atoms with Gasteiger partial charge < -0.3 is 0 Å². The lowest BCUT2D eigenvalue weighted by atomic mass is 9.92. The first-order chi connectivity index (χ1) is 24.7. The summed E-state index contributed by atoms with van der Waals surface area (Å²) in [6, 6.07) is 67.0. The molecule has 0 saturated heterocycles. The standard InChI is InChI=1S/C48H30S2/c1-2-9-31(10-3-1)38-26-39(28-40(27-38)37-22-24-44-42-14-5-7-16-46(42)50-48(44)30-37)33-19-17-32(18-20-33)34-11-8-12-35(25-34)36-21-23-43-41-13-4-6-15-45(41)49-47(43)29-36/h1-30H. The van der Waals surface area contributed by atoms with Gasteiger partial charge in [-0.1, -0.05) is 133 Å². The second-order valence-corrected chi connectivity index (χ2v) is 15.1. The average molecular weight is 671 g/mol. The summed E-state index contributed by atoms with van der Waals surface area (Å²) < 4.78 is 5.33. The largest absolute Gasteiger partial charge is 0.135 e. The molecule has 0 atom stereocenters. The van der Waals surface area contributed by atoms with Gasteiger partial charge in [0.2, 0.25) is 0 Å². The molecule has 0 aliphatic rings. The highest BCUT2D eigenvalue weighted by Crippen LogP contribution is 2.40. The smallest absolute Gasteiger partial charge is 0.0361 e. The molecule has 10 aromatic rings. The molecule has 2 aromatic heterocycles. The SMILES string of the molecule is c1ccc(-c2cc(-c3ccc(-c4cccc(-c5ccc6c(c5)sc5ccccc56)c4)cc3)cc(-c3ccc4c(c3)sc3ccccc34)c2)cc1. The molecule has 50 heavy (non-hydrogen) atoms. The van der Waals surface area contributed by atoms with E-state index in [0.717, 1.165) is 0 Å². The zero-order chi connectivity index (χ0) is 33.0. The summed E-state index contributed by atoms with van der Waals surface area (Å²) in [5, 5.41) is 5.34. The molecule has 0 nitrogen and oxygen atoms in total. The maximum atomic E-state index is 2.36. The van der Waals surface area contributed by atoms with Crippen molar-refractivity contribution in [2.75, 3.05) is 0 Å². The van der Waals surface area contributed by atoms with Crippen molar-refractivity contribution in [2.24, 2.45) is 0 Å². The van der Waals surface area contributed by atoms with Gasteiger partial charge in [0.1, 0.15) is 0 Å². The molecule has 0 fully saturated rings. The highest BCUT2D eigenvalue weighted by molar-refractivity contribution is 7.26. The molecule has 10 rings (SSSR count). The maximum Gasteiger partial charge on any atom is 0.0361 e. The van der Waals surface area contributed by atoms with Crippen LogP contribution in [0.25, 0.3) is 96.0 Å². The Balaban J connectivity index is 1.01. The van der Waals surface area contributed by atoms with E-state index in [-0.39, 0.29) is 0 Å². The molecule has 0 spiro atoms. The van der Waals surface area contributed by atoms with Gasteiger partial charge in [0.15, 0.2) is 0 Å². The first kappa shape index (κ1) is 29.1. The normalized spacial score (nSPS) is 11.6. The van der Waals surface area contributed by atoms with Gasteiger partial charge in [-0.15, -0.1) is 22.7 Å². The van der Waals surface area contributed by atoms with Crippen LogP contribution in [0.4, 0.5) is 0 Å². The molecule has 0 bridgehead atoms. The Bertz CT molecular complexity index is 2850. The molecule has 0 amide bonds. The molecule has 0 saturated carbocycles. The summed E-state index contributed by atoms with van der Waals surface area (Å²) in [7, 11) is 0. The van der Waals surface area contributed by atoms with Crippen LogP contribution in [-0.4, -0.2) is 0 Å². The Labute approximate surface area is 299 Å². The van der Waals surface area contributed by atoms with Crippen molar-refractivity contribution >= 4 is 63.0 Å². The van der Waals surface area contributed by atoms with E-state index in [0.29, 0.717) is 0 Å². The molecule has 0 radical (unpaired) electrons. The Morgan fingerprint density at radius 1 is 0.200 bits per heavy atom. The zero-order valence-corrected chi connectivity index (χ0v) is 28.8. The summed E-state index contributed by atoms with van der Waals surface area (Å²) >= 11 is 3.74. The number of hydrogen-bond acceptors (Lipinski definition) is 2. The average Bonchev–Trinajstić information content (AvgIpc) is 3.76. The third kappa shape index (κ3) is 5.13. The van der Waals surface area contributed by atoms with Gasteiger partial charge in [-0.25, -0.2) is 0 Å². The Morgan fingerprint density at radius 3 is 1.12 bits per heavy atom. The lowest BCUT2D eigenvalue weighted by Gasteiger charge is -2.12. The van der Waals surface area contributed by atoms with Gasteiger partial charge in [0.05, 0.1) is 0 Å². The predicted octanol–water partition coefficient (Wildman–Crippen LogP) is 14.8. The zero-order valence-electron chi connectivity index (χ0n) is 27.1. The van der Waals surface area contributed by atoms with Gasteiger partial charge in [-0.05, 0) is 104 Å². The van der Waals surface area contributed by atoms with Crippen LogP contribution in [0.2, 0.25) is 0 Å². The third-order valence-corrected chi connectivity index (χ3v) is 12.1. The van der Waals surface area contributed by atoms with Crippen LogP contribution in [0.1, 0.15) is 0 Å². The van der Waals surface area contributed by atoms with E-state index in [1.54, 1.807) is 0 Å². The molecule has 2 heterocycles. The molecular weight excluding hydrogens is 641 g/mol. The topological polar surface area (TPSA) is 0 Å². The summed E-state index contributed by atoms with van der Waals surface area (Å²) in [4.78, 5) is 0. The van der Waals surface area contributed by atoms with Crippen molar-refractivity contribution < 1.29 is 0 Å². The molecular formula is C48H30S2. The van der Waals surface area contributed by atoms with Crippen LogP contribution in [0.5, 0.6) is 0 Å². The number of thiophene rings is 2. The van der Waals surface area contributed by atoms with Crippen LogP contribution >= 0.6 is 22.7 Å². The number of hydrogen-bond donors (Lipinski definition) is 0. The van der Waals surface area contributed by atoms with Gasteiger partial charge >= 0.3 is 0 Å². The third-order valence-electron chi connectivity index (χ3n) is 9.88. The minimum Gasteiger partial charge on any atom is -0.135 e. The summed E-state index contributed by atoms with van der Waals surface area (Å²) in [6.07, 6.45) is 0. The summed E-state index contributed by atoms with van der Waals surface area (Å²) in [5.74, 6) is 0. The van der Waals surface area contributed by atoms with Crippen LogP contribution in [0.3, 0.4) is 0 Å². The number of rotatable bonds is 5. The molecule has 2 heteroatoms. The molecule has 0 aliphatic heterocycles. The van der Waals surface area contributed by atoms with E-state index in [1.165, 1.54) is 96.0 Å². The molecule has 0 N–H and O–H groups in total. The van der Waals surface area contributed by atoms with E-state index in [1.807, 2.05) is 22.7 Å². The van der Waals surface area contributed by atoms with Crippen molar-refractivity contribution in [3.63, 3.8) is 0 Å². The Kier molecular flexibility index (Phi) is 6.97. The van der Waals surface area contributed by atoms with Gasteiger partial charge in [0, 0.05) is 40.3 Å². The highest BCUT2D eigenvalue weighted by Gasteiger charge is 2.12. The molecule has 0 aliphatic carbocycles. The van der Waals surface area contributed by atoms with Gasteiger partial charge in [0.25, 0.3) is 0 Å². The summed E-state index contributed by atoms with van der Waals surface area (Å²) in [6.45, 7) is 0. The van der Waals surface area contributed by atoms with Gasteiger partial charge in [-0.3, -0.25) is 0 Å². The van der Waals surface area contributed by atoms with Gasteiger partial charge in [-0.2, -0.15) is 0 Å². The quantitative estimate of drug-likeness (QED) is 0.171. The second-order valence-electron chi connectivity index (χ2n) is 12.9. The fourth-order valence-electron chi connectivity index (χ4n) is 7.30. The van der Waals surface area contributed by atoms with Crippen LogP contribution in [-0.2, 0) is 0 Å². The van der Waals surface area contributed by atoms with Crippen molar-refractivity contribution in [1.82, 2.24) is 0 Å². The lowest BCUT2D eigenvalue weighted by Crippen LogP contribution is -1.87. The van der Waals surface area contributed by atoms with Crippen LogP contribution in [0, 0.1) is 0 Å². The summed E-state index contributed by atoms with van der Waals surface area (Å²) in [5.41, 5.74) is 12.3. The molecule has 234 valence electrons. The number of fused-ring (bicyclic) bond motifs is 6. The Hall–Kier alpha value is -5.80. The fourth-order valence-corrected chi connectivity index (χ4v) is 9.59. The minimum absolute atomic E-state index is 1.21. The molecule has 8 aromatic carbocycles. The van der Waals surface area contributed by atoms with E-state index in [9.17, 15) is 0 Å². The highest BCUT2D eigenvalue weighted by atomic mass is 32.1. The lowest BCUT2D eigenvalue weighted by molar-refractivity contribution is 1.56. The monoisotopic (exact) mass is 670 g/mol. The predicted molar refractivity (Wildman–Crippen MR) is 219 cm³/mol.